The van der Waals surface area contributed by atoms with E-state index in [1.807, 2.05) is 11.0 Å². The average Bonchev–Trinajstić information content (AvgIpc) is 2.32. The van der Waals surface area contributed by atoms with Gasteiger partial charge in [0.1, 0.15) is 0 Å². The van der Waals surface area contributed by atoms with Gasteiger partial charge in [-0.1, -0.05) is 22.8 Å². The first-order valence-corrected chi connectivity index (χ1v) is 6.10. The van der Waals surface area contributed by atoms with E-state index in [1.165, 1.54) is 0 Å². The van der Waals surface area contributed by atoms with Crippen LogP contribution in [0.4, 0.5) is 0 Å². The van der Waals surface area contributed by atoms with Crippen molar-refractivity contribution in [2.24, 2.45) is 16.8 Å². The van der Waals surface area contributed by atoms with Crippen molar-refractivity contribution in [2.45, 2.75) is 6.54 Å². The van der Waals surface area contributed by atoms with Crippen LogP contribution >= 0.6 is 11.6 Å². The molecule has 1 aromatic carbocycles. The van der Waals surface area contributed by atoms with E-state index in [9.17, 15) is 4.79 Å². The molecular weight excluding hydrogens is 270 g/mol. The summed E-state index contributed by atoms with van der Waals surface area (Å²) in [6, 6.07) is 5.25. The van der Waals surface area contributed by atoms with Gasteiger partial charge in [-0.05, 0) is 17.7 Å². The largest absolute Gasteiger partial charge is 0.481 e. The van der Waals surface area contributed by atoms with Gasteiger partial charge in [0.05, 0.1) is 10.9 Å². The molecule has 0 unspecified atom stereocenters. The fraction of sp³-hybridized carbons (Fsp3) is 0.333. The third kappa shape index (κ3) is 2.97. The molecule has 2 rings (SSSR count). The Kier molecular flexibility index (Phi) is 3.92. The van der Waals surface area contributed by atoms with Crippen LogP contribution in [0.5, 0.6) is 0 Å². The third-order valence-electron chi connectivity index (χ3n) is 3.13. The average molecular weight is 284 g/mol. The summed E-state index contributed by atoms with van der Waals surface area (Å²) in [6.07, 6.45) is 0. The lowest BCUT2D eigenvalue weighted by Crippen LogP contribution is -2.49. The lowest BCUT2D eigenvalue weighted by atomic mass is 9.99. The van der Waals surface area contributed by atoms with Crippen LogP contribution in [-0.4, -0.2) is 40.1 Å². The molecule has 0 spiro atoms. The fourth-order valence-corrected chi connectivity index (χ4v) is 2.33. The zero-order valence-electron chi connectivity index (χ0n) is 10.1. The maximum Gasteiger partial charge on any atom is 0.309 e. The second kappa shape index (κ2) is 5.46. The Labute approximate surface area is 115 Å². The number of hydrogen-bond donors (Lipinski definition) is 3. The van der Waals surface area contributed by atoms with E-state index in [0.29, 0.717) is 30.2 Å². The van der Waals surface area contributed by atoms with E-state index in [2.05, 4.69) is 5.16 Å². The first-order valence-electron chi connectivity index (χ1n) is 5.72. The zero-order valence-corrected chi connectivity index (χ0v) is 10.8. The maximum atomic E-state index is 10.7. The minimum Gasteiger partial charge on any atom is -0.481 e. The molecule has 0 radical (unpaired) electrons. The second-order valence-corrected chi connectivity index (χ2v) is 4.94. The van der Waals surface area contributed by atoms with Gasteiger partial charge in [0.15, 0.2) is 5.84 Å². The molecular formula is C12H14ClN3O3. The molecule has 6 nitrogen and oxygen atoms in total. The maximum absolute atomic E-state index is 10.7. The highest BCUT2D eigenvalue weighted by Crippen LogP contribution is 2.22. The zero-order chi connectivity index (χ0) is 14.0. The number of halogens is 1. The molecule has 0 atom stereocenters. The SMILES string of the molecule is N/C(=N/O)c1ccc(CN2CC(C(=O)O)C2)cc1Cl. The Bertz CT molecular complexity index is 527. The van der Waals surface area contributed by atoms with Crippen molar-refractivity contribution in [3.8, 4) is 0 Å². The van der Waals surface area contributed by atoms with Crippen LogP contribution < -0.4 is 5.73 Å². The van der Waals surface area contributed by atoms with Crippen LogP contribution in [0, 0.1) is 5.92 Å². The quantitative estimate of drug-likeness (QED) is 0.331. The van der Waals surface area contributed by atoms with E-state index >= 15 is 0 Å². The molecule has 4 N–H and O–H groups in total. The van der Waals surface area contributed by atoms with Gasteiger partial charge in [0.25, 0.3) is 0 Å². The lowest BCUT2D eigenvalue weighted by molar-refractivity contribution is -0.147. The van der Waals surface area contributed by atoms with Gasteiger partial charge in [0.2, 0.25) is 0 Å². The number of oxime groups is 1. The van der Waals surface area contributed by atoms with Gasteiger partial charge < -0.3 is 16.0 Å². The number of carbonyl (C=O) groups is 1. The normalized spacial score (nSPS) is 17.2. The number of amidine groups is 1. The standard InChI is InChI=1S/C12H14ClN3O3/c13-10-3-7(1-2-9(10)11(14)15-19)4-16-5-8(6-16)12(17)18/h1-3,8,19H,4-6H2,(H2,14,15)(H,17,18). The second-order valence-electron chi connectivity index (χ2n) is 4.53. The van der Waals surface area contributed by atoms with Crippen LogP contribution in [0.3, 0.4) is 0 Å². The monoisotopic (exact) mass is 283 g/mol. The fourth-order valence-electron chi connectivity index (χ4n) is 2.03. The van der Waals surface area contributed by atoms with Crippen LogP contribution in [0.1, 0.15) is 11.1 Å². The summed E-state index contributed by atoms with van der Waals surface area (Å²) in [5.74, 6) is -1.06. The number of nitrogens with zero attached hydrogens (tertiary/aromatic N) is 2. The van der Waals surface area contributed by atoms with Crippen LogP contribution in [0.15, 0.2) is 23.4 Å². The van der Waals surface area contributed by atoms with E-state index in [4.69, 9.17) is 27.6 Å². The number of hydrogen-bond acceptors (Lipinski definition) is 4. The molecule has 1 heterocycles. The number of aliphatic carboxylic acids is 1. The molecule has 19 heavy (non-hydrogen) atoms. The van der Waals surface area contributed by atoms with Crippen molar-refractivity contribution >= 4 is 23.4 Å². The number of benzene rings is 1. The summed E-state index contributed by atoms with van der Waals surface area (Å²) in [4.78, 5) is 12.7. The highest BCUT2D eigenvalue weighted by Gasteiger charge is 2.32. The number of carboxylic acid groups (broad SMARTS) is 1. The first-order chi connectivity index (χ1) is 9.01. The Morgan fingerprint density at radius 1 is 1.53 bits per heavy atom. The number of nitrogens with two attached hydrogens (primary N) is 1. The Hall–Kier alpha value is -1.79. The predicted molar refractivity (Wildman–Crippen MR) is 70.4 cm³/mol. The first kappa shape index (κ1) is 13.6. The lowest BCUT2D eigenvalue weighted by Gasteiger charge is -2.36. The number of carboxylic acids is 1. The summed E-state index contributed by atoms with van der Waals surface area (Å²) >= 11 is 6.04. The molecule has 0 aromatic heterocycles. The molecule has 7 heteroatoms. The van der Waals surface area contributed by atoms with E-state index < -0.39 is 5.97 Å². The molecule has 0 amide bonds. The van der Waals surface area contributed by atoms with Gasteiger partial charge in [-0.15, -0.1) is 0 Å². The summed E-state index contributed by atoms with van der Waals surface area (Å²) in [7, 11) is 0. The van der Waals surface area contributed by atoms with Gasteiger partial charge in [-0.3, -0.25) is 9.69 Å². The molecule has 0 saturated carbocycles. The molecule has 1 fully saturated rings. The summed E-state index contributed by atoms with van der Waals surface area (Å²) in [5, 5.41) is 20.7. The summed E-state index contributed by atoms with van der Waals surface area (Å²) in [5.41, 5.74) is 6.91. The third-order valence-corrected chi connectivity index (χ3v) is 3.44. The molecule has 1 aliphatic heterocycles. The van der Waals surface area contributed by atoms with Crippen molar-refractivity contribution in [3.63, 3.8) is 0 Å². The van der Waals surface area contributed by atoms with Crippen LogP contribution in [0.25, 0.3) is 0 Å². The molecule has 1 saturated heterocycles. The smallest absolute Gasteiger partial charge is 0.309 e. The molecule has 1 aliphatic rings. The number of rotatable bonds is 4. The van der Waals surface area contributed by atoms with Gasteiger partial charge >= 0.3 is 5.97 Å². The van der Waals surface area contributed by atoms with Crippen LogP contribution in [0.2, 0.25) is 5.02 Å². The van der Waals surface area contributed by atoms with E-state index in [1.54, 1.807) is 12.1 Å². The Morgan fingerprint density at radius 2 is 2.21 bits per heavy atom. The van der Waals surface area contributed by atoms with E-state index in [0.717, 1.165) is 5.56 Å². The molecule has 1 aromatic rings. The van der Waals surface area contributed by atoms with Gasteiger partial charge in [-0.25, -0.2) is 0 Å². The van der Waals surface area contributed by atoms with Crippen molar-refractivity contribution in [3.05, 3.63) is 34.3 Å². The predicted octanol–water partition coefficient (Wildman–Crippen LogP) is 0.951. The Morgan fingerprint density at radius 3 is 2.74 bits per heavy atom. The highest BCUT2D eigenvalue weighted by molar-refractivity contribution is 6.34. The molecule has 0 bridgehead atoms. The van der Waals surface area contributed by atoms with Crippen molar-refractivity contribution in [1.29, 1.82) is 0 Å². The van der Waals surface area contributed by atoms with Crippen molar-refractivity contribution < 1.29 is 15.1 Å². The van der Waals surface area contributed by atoms with Crippen molar-refractivity contribution in [1.82, 2.24) is 4.90 Å². The minimum atomic E-state index is -0.753. The number of likely N-dealkylation sites (tertiary alicyclic amines) is 1. The van der Waals surface area contributed by atoms with Gasteiger partial charge in [-0.2, -0.15) is 0 Å². The molecule has 102 valence electrons. The van der Waals surface area contributed by atoms with Crippen molar-refractivity contribution in [2.75, 3.05) is 13.1 Å². The topological polar surface area (TPSA) is 99.2 Å². The summed E-state index contributed by atoms with van der Waals surface area (Å²) in [6.45, 7) is 1.74. The van der Waals surface area contributed by atoms with Gasteiger partial charge in [0, 0.05) is 25.2 Å². The van der Waals surface area contributed by atoms with E-state index in [-0.39, 0.29) is 11.8 Å². The minimum absolute atomic E-state index is 0.0357. The summed E-state index contributed by atoms with van der Waals surface area (Å²) < 4.78 is 0. The molecule has 0 aliphatic carbocycles. The van der Waals surface area contributed by atoms with Crippen LogP contribution in [-0.2, 0) is 11.3 Å². The highest BCUT2D eigenvalue weighted by atomic mass is 35.5. The Balaban J connectivity index is 2.00.